The van der Waals surface area contributed by atoms with Crippen molar-refractivity contribution >= 4 is 17.5 Å². The van der Waals surface area contributed by atoms with E-state index in [0.717, 1.165) is 37.7 Å². The molecule has 1 atom stereocenters. The molecule has 49 heavy (non-hydrogen) atoms. The molecule has 0 bridgehead atoms. The zero-order valence-electron chi connectivity index (χ0n) is 29.9. The van der Waals surface area contributed by atoms with Gasteiger partial charge in [-0.15, -0.1) is 6.58 Å². The number of ketones is 2. The highest BCUT2D eigenvalue weighted by Gasteiger charge is 2.28. The maximum absolute atomic E-state index is 12.1. The third-order valence-corrected chi connectivity index (χ3v) is 7.75. The van der Waals surface area contributed by atoms with E-state index < -0.39 is 5.60 Å². The summed E-state index contributed by atoms with van der Waals surface area (Å²) in [6.07, 6.45) is 13.3. The van der Waals surface area contributed by atoms with Crippen LogP contribution in [0.3, 0.4) is 0 Å². The van der Waals surface area contributed by atoms with Crippen LogP contribution >= 0.6 is 0 Å². The number of phenols is 1. The van der Waals surface area contributed by atoms with Crippen LogP contribution in [0.1, 0.15) is 111 Å². The van der Waals surface area contributed by atoms with Crippen molar-refractivity contribution in [3.8, 4) is 11.5 Å². The maximum Gasteiger partial charge on any atom is 0.220 e. The van der Waals surface area contributed by atoms with E-state index in [4.69, 9.17) is 4.74 Å². The van der Waals surface area contributed by atoms with Gasteiger partial charge in [-0.05, 0) is 76.5 Å². The summed E-state index contributed by atoms with van der Waals surface area (Å²) in [5.74, 6) is 1.04. The number of rotatable bonds is 13. The van der Waals surface area contributed by atoms with Gasteiger partial charge in [-0.3, -0.25) is 14.4 Å². The minimum Gasteiger partial charge on any atom is -0.504 e. The molecule has 1 unspecified atom stereocenters. The molecular weight excluding hydrogens is 614 g/mol. The number of unbranched alkanes of at least 4 members (excludes halogenated alkanes) is 2. The summed E-state index contributed by atoms with van der Waals surface area (Å²) >= 11 is 0. The third kappa shape index (κ3) is 14.1. The fourth-order valence-corrected chi connectivity index (χ4v) is 4.84. The smallest absolute Gasteiger partial charge is 0.220 e. The number of allylic oxidation sites excluding steroid dienone is 4. The molecule has 0 aromatic heterocycles. The average Bonchev–Trinajstić information content (AvgIpc) is 3.08. The number of nitrogens with one attached hydrogen (secondary N) is 1. The number of benzene rings is 3. The zero-order valence-corrected chi connectivity index (χ0v) is 29.9. The van der Waals surface area contributed by atoms with E-state index in [2.05, 4.69) is 57.8 Å². The molecule has 3 aromatic carbocycles. The monoisotopic (exact) mass is 667 g/mol. The van der Waals surface area contributed by atoms with Gasteiger partial charge in [0.15, 0.2) is 23.1 Å². The molecule has 0 spiro atoms. The average molecular weight is 668 g/mol. The van der Waals surface area contributed by atoms with Crippen molar-refractivity contribution in [3.05, 3.63) is 131 Å². The molecule has 1 aliphatic rings. The lowest BCUT2D eigenvalue weighted by Gasteiger charge is -2.16. The maximum atomic E-state index is 12.1. The second-order valence-corrected chi connectivity index (χ2v) is 12.8. The van der Waals surface area contributed by atoms with E-state index in [0.29, 0.717) is 46.9 Å². The Bertz CT molecular complexity index is 1510. The molecule has 1 aliphatic carbocycles. The minimum atomic E-state index is -0.702. The van der Waals surface area contributed by atoms with E-state index in [1.807, 2.05) is 0 Å². The van der Waals surface area contributed by atoms with E-state index in [9.17, 15) is 24.6 Å². The van der Waals surface area contributed by atoms with Crippen molar-refractivity contribution in [2.45, 2.75) is 85.3 Å². The van der Waals surface area contributed by atoms with Crippen LogP contribution in [0.4, 0.5) is 0 Å². The number of hydrogen-bond acceptors (Lipinski definition) is 6. The second kappa shape index (κ2) is 20.6. The summed E-state index contributed by atoms with van der Waals surface area (Å²) < 4.78 is 5.04. The Morgan fingerprint density at radius 2 is 1.47 bits per heavy atom. The molecule has 7 heteroatoms. The SMILES string of the molecule is C=CC(C)(O)CCC=C(C)C.COc1cc(CNC(=O)CCCC/C=C/C(C)C)ccc1O.O=C1c2ccccc2C(=O)c2ccccc21. The number of phenolic OH excluding ortho intramolecular Hbond substituents is 1. The topological polar surface area (TPSA) is 113 Å². The first-order valence-electron chi connectivity index (χ1n) is 16.9. The molecule has 0 radical (unpaired) electrons. The van der Waals surface area contributed by atoms with Gasteiger partial charge in [-0.25, -0.2) is 0 Å². The molecule has 0 saturated heterocycles. The van der Waals surface area contributed by atoms with E-state index in [1.165, 1.54) is 12.7 Å². The highest BCUT2D eigenvalue weighted by Crippen LogP contribution is 2.27. The Balaban J connectivity index is 0.000000271. The van der Waals surface area contributed by atoms with Crippen LogP contribution in [0.2, 0.25) is 0 Å². The second-order valence-electron chi connectivity index (χ2n) is 12.8. The fraction of sp³-hybridized carbons (Fsp3) is 0.357. The number of hydrogen-bond donors (Lipinski definition) is 3. The predicted molar refractivity (Wildman–Crippen MR) is 198 cm³/mol. The molecular formula is C42H53NO6. The van der Waals surface area contributed by atoms with Gasteiger partial charge in [0.25, 0.3) is 0 Å². The Kier molecular flexibility index (Phi) is 17.0. The minimum absolute atomic E-state index is 0.0554. The molecule has 4 rings (SSSR count). The number of fused-ring (bicyclic) bond motifs is 2. The Labute approximate surface area is 292 Å². The van der Waals surface area contributed by atoms with Crippen molar-refractivity contribution < 1.29 is 29.3 Å². The van der Waals surface area contributed by atoms with Crippen LogP contribution in [0.25, 0.3) is 0 Å². The Hall–Kier alpha value is -4.75. The van der Waals surface area contributed by atoms with Gasteiger partial charge in [0.1, 0.15) is 0 Å². The molecule has 0 fully saturated rings. The first-order valence-corrected chi connectivity index (χ1v) is 16.9. The van der Waals surface area contributed by atoms with Crippen LogP contribution in [0.15, 0.2) is 103 Å². The summed E-state index contributed by atoms with van der Waals surface area (Å²) in [6, 6.07) is 19.0. The molecule has 262 valence electrons. The van der Waals surface area contributed by atoms with Crippen molar-refractivity contribution in [1.82, 2.24) is 5.32 Å². The summed E-state index contributed by atoms with van der Waals surface area (Å²) in [5.41, 5.74) is 3.52. The normalized spacial score (nSPS) is 12.7. The Morgan fingerprint density at radius 1 is 0.918 bits per heavy atom. The lowest BCUT2D eigenvalue weighted by Crippen LogP contribution is -2.22. The number of ether oxygens (including phenoxy) is 1. The molecule has 0 saturated carbocycles. The van der Waals surface area contributed by atoms with Crippen molar-refractivity contribution in [3.63, 3.8) is 0 Å². The largest absolute Gasteiger partial charge is 0.504 e. The van der Waals surface area contributed by atoms with Crippen LogP contribution < -0.4 is 10.1 Å². The van der Waals surface area contributed by atoms with Crippen molar-refractivity contribution in [2.75, 3.05) is 7.11 Å². The van der Waals surface area contributed by atoms with Gasteiger partial charge in [-0.2, -0.15) is 0 Å². The lowest BCUT2D eigenvalue weighted by molar-refractivity contribution is -0.121. The lowest BCUT2D eigenvalue weighted by atomic mass is 9.84. The van der Waals surface area contributed by atoms with E-state index in [-0.39, 0.29) is 23.2 Å². The molecule has 7 nitrogen and oxygen atoms in total. The number of aromatic hydroxyl groups is 1. The van der Waals surface area contributed by atoms with Gasteiger partial charge < -0.3 is 20.3 Å². The number of amides is 1. The zero-order chi connectivity index (χ0) is 36.4. The van der Waals surface area contributed by atoms with Gasteiger partial charge in [0.05, 0.1) is 12.7 Å². The quantitative estimate of drug-likeness (QED) is 0.0970. The van der Waals surface area contributed by atoms with Crippen LogP contribution in [0, 0.1) is 5.92 Å². The van der Waals surface area contributed by atoms with Crippen LogP contribution in [0.5, 0.6) is 11.5 Å². The number of carbonyl (C=O) groups is 3. The first kappa shape index (κ1) is 40.4. The van der Waals surface area contributed by atoms with Gasteiger partial charge in [-0.1, -0.05) is 98.3 Å². The number of methoxy groups -OCH3 is 1. The van der Waals surface area contributed by atoms with E-state index >= 15 is 0 Å². The first-order chi connectivity index (χ1) is 23.3. The highest BCUT2D eigenvalue weighted by atomic mass is 16.5. The molecule has 0 aliphatic heterocycles. The summed E-state index contributed by atoms with van der Waals surface area (Å²) in [4.78, 5) is 36.0. The molecule has 0 heterocycles. The standard InChI is InChI=1S/C18H27NO3.C14H8O2.C10H18O/c1-14(2)8-6-4-5-7-9-18(21)19-13-15-10-11-16(20)17(12-15)22-3;15-13-9-5-1-2-6-10(9)14(16)12-8-4-3-7-11(12)13;1-5-10(4,11)8-6-7-9(2)3/h6,8,10-12,14,20H,4-5,7,9,13H2,1-3H3,(H,19,21);1-8H;5,7,11H,1,6,8H2,2-4H3/b8-6+;;. The van der Waals surface area contributed by atoms with Gasteiger partial charge >= 0.3 is 0 Å². The Morgan fingerprint density at radius 3 is 1.94 bits per heavy atom. The van der Waals surface area contributed by atoms with Gasteiger partial charge in [0.2, 0.25) is 5.91 Å². The van der Waals surface area contributed by atoms with E-state index in [1.54, 1.807) is 79.7 Å². The van der Waals surface area contributed by atoms with Crippen molar-refractivity contribution in [2.24, 2.45) is 5.92 Å². The highest BCUT2D eigenvalue weighted by molar-refractivity contribution is 6.28. The molecule has 3 aromatic rings. The van der Waals surface area contributed by atoms with Crippen molar-refractivity contribution in [1.29, 1.82) is 0 Å². The summed E-state index contributed by atoms with van der Waals surface area (Å²) in [7, 11) is 1.51. The number of aliphatic hydroxyl groups is 1. The molecule has 3 N–H and O–H groups in total. The predicted octanol–water partition coefficient (Wildman–Crippen LogP) is 8.92. The number of carbonyl (C=O) groups excluding carboxylic acids is 3. The third-order valence-electron chi connectivity index (χ3n) is 7.75. The summed E-state index contributed by atoms with van der Waals surface area (Å²) in [6.45, 7) is 14.2. The van der Waals surface area contributed by atoms with Gasteiger partial charge in [0, 0.05) is 35.2 Å². The van der Waals surface area contributed by atoms with Crippen LogP contribution in [-0.4, -0.2) is 40.4 Å². The molecule has 1 amide bonds. The van der Waals surface area contributed by atoms with Crippen LogP contribution in [-0.2, 0) is 11.3 Å². The summed E-state index contributed by atoms with van der Waals surface area (Å²) in [5, 5.41) is 21.9. The fourth-order valence-electron chi connectivity index (χ4n) is 4.84.